The smallest absolute Gasteiger partial charge is 0.374 e. The summed E-state index contributed by atoms with van der Waals surface area (Å²) >= 11 is 3.38. The number of rotatable bonds is 2. The molecule has 0 saturated carbocycles. The van der Waals surface area contributed by atoms with Gasteiger partial charge < -0.3 is 14.7 Å². The minimum Gasteiger partial charge on any atom is -0.507 e. The van der Waals surface area contributed by atoms with E-state index in [-0.39, 0.29) is 17.2 Å². The van der Waals surface area contributed by atoms with Crippen LogP contribution in [0.1, 0.15) is 10.6 Å². The lowest BCUT2D eigenvalue weighted by Crippen LogP contribution is -1.91. The molecule has 1 aromatic heterocycles. The fourth-order valence-electron chi connectivity index (χ4n) is 1.96. The van der Waals surface area contributed by atoms with Crippen LogP contribution in [0, 0.1) is 0 Å². The average molecular weight is 334 g/mol. The van der Waals surface area contributed by atoms with Crippen molar-refractivity contribution < 1.29 is 19.5 Å². The average Bonchev–Trinajstić information content (AvgIpc) is 2.88. The number of fused-ring (bicyclic) bond motifs is 1. The van der Waals surface area contributed by atoms with Crippen molar-refractivity contribution in [3.05, 3.63) is 46.6 Å². The fraction of sp³-hybridized carbons (Fsp3) is 0. The van der Waals surface area contributed by atoms with E-state index in [4.69, 9.17) is 9.63 Å². The predicted molar refractivity (Wildman–Crippen MR) is 75.8 cm³/mol. The molecular formula is C14H8BrNO4. The molecule has 0 atom stereocenters. The molecular weight excluding hydrogens is 326 g/mol. The molecule has 3 aromatic rings. The highest BCUT2D eigenvalue weighted by Gasteiger charge is 2.15. The molecule has 3 rings (SSSR count). The number of carbonyl (C=O) groups is 1. The predicted octanol–water partition coefficient (Wildman–Crippen LogP) is 3.66. The van der Waals surface area contributed by atoms with E-state index >= 15 is 0 Å². The van der Waals surface area contributed by atoms with Gasteiger partial charge in [-0.2, -0.15) is 0 Å². The van der Waals surface area contributed by atoms with Gasteiger partial charge in [0.15, 0.2) is 0 Å². The minimum absolute atomic E-state index is 0.0186. The summed E-state index contributed by atoms with van der Waals surface area (Å²) in [6.45, 7) is 0. The van der Waals surface area contributed by atoms with Gasteiger partial charge in [-0.15, -0.1) is 0 Å². The number of nitrogens with zero attached hydrogens (tertiary/aromatic N) is 1. The number of carboxylic acids is 1. The van der Waals surface area contributed by atoms with Crippen LogP contribution in [-0.4, -0.2) is 21.3 Å². The van der Waals surface area contributed by atoms with Gasteiger partial charge in [-0.05, 0) is 35.0 Å². The van der Waals surface area contributed by atoms with E-state index in [1.165, 1.54) is 6.07 Å². The van der Waals surface area contributed by atoms with E-state index in [2.05, 4.69) is 21.1 Å². The number of benzene rings is 2. The third kappa shape index (κ3) is 2.14. The Bertz CT molecular complexity index is 825. The molecule has 0 saturated heterocycles. The van der Waals surface area contributed by atoms with Crippen molar-refractivity contribution in [1.29, 1.82) is 0 Å². The van der Waals surface area contributed by atoms with Gasteiger partial charge >= 0.3 is 5.97 Å². The Morgan fingerprint density at radius 1 is 1.15 bits per heavy atom. The Labute approximate surface area is 121 Å². The lowest BCUT2D eigenvalue weighted by Gasteiger charge is -2.04. The lowest BCUT2D eigenvalue weighted by atomic mass is 10.0. The molecule has 2 aromatic carbocycles. The number of aromatic carboxylic acids is 1. The summed E-state index contributed by atoms with van der Waals surface area (Å²) in [7, 11) is 0. The topological polar surface area (TPSA) is 83.6 Å². The number of hydrogen-bond donors (Lipinski definition) is 2. The van der Waals surface area contributed by atoms with Crippen LogP contribution in [0.3, 0.4) is 0 Å². The number of hydrogen-bond acceptors (Lipinski definition) is 4. The van der Waals surface area contributed by atoms with E-state index in [0.717, 1.165) is 15.2 Å². The Morgan fingerprint density at radius 3 is 2.65 bits per heavy atom. The number of halogens is 1. The summed E-state index contributed by atoms with van der Waals surface area (Å²) in [6.07, 6.45) is 0. The summed E-state index contributed by atoms with van der Waals surface area (Å²) in [5.74, 6) is -1.45. The highest BCUT2D eigenvalue weighted by atomic mass is 79.9. The van der Waals surface area contributed by atoms with Crippen LogP contribution in [0.2, 0.25) is 0 Å². The standard InChI is InChI=1S/C14H8BrNO4/c15-9-2-1-7-5-12(17)10(4-8(7)3-9)11-6-13(14(18)19)20-16-11/h1-6,17H,(H,18,19). The molecule has 20 heavy (non-hydrogen) atoms. The Balaban J connectivity index is 2.19. The van der Waals surface area contributed by atoms with Gasteiger partial charge in [-0.3, -0.25) is 0 Å². The molecule has 0 amide bonds. The zero-order valence-corrected chi connectivity index (χ0v) is 11.6. The van der Waals surface area contributed by atoms with Crippen molar-refractivity contribution in [2.24, 2.45) is 0 Å². The van der Waals surface area contributed by atoms with Gasteiger partial charge in [-0.1, -0.05) is 27.2 Å². The molecule has 0 unspecified atom stereocenters. The summed E-state index contributed by atoms with van der Waals surface area (Å²) in [6, 6.07) is 10.3. The van der Waals surface area contributed by atoms with Crippen LogP contribution in [0.25, 0.3) is 22.0 Å². The van der Waals surface area contributed by atoms with E-state index in [1.54, 1.807) is 12.1 Å². The SMILES string of the molecule is O=C(O)c1cc(-c2cc3cc(Br)ccc3cc2O)no1. The molecule has 0 aliphatic carbocycles. The van der Waals surface area contributed by atoms with Crippen LogP contribution < -0.4 is 0 Å². The molecule has 0 spiro atoms. The zero-order valence-electron chi connectivity index (χ0n) is 10.0. The second-order valence-electron chi connectivity index (χ2n) is 4.24. The minimum atomic E-state index is -1.20. The molecule has 100 valence electrons. The van der Waals surface area contributed by atoms with Gasteiger partial charge in [0.25, 0.3) is 0 Å². The maximum absolute atomic E-state index is 10.8. The molecule has 6 heteroatoms. The third-order valence-electron chi connectivity index (χ3n) is 2.91. The first kappa shape index (κ1) is 12.7. The number of phenolic OH excluding ortho intramolecular Hbond substituents is 1. The molecule has 0 bridgehead atoms. The van der Waals surface area contributed by atoms with Gasteiger partial charge in [0.05, 0.1) is 0 Å². The highest BCUT2D eigenvalue weighted by molar-refractivity contribution is 9.10. The molecule has 0 aliphatic heterocycles. The van der Waals surface area contributed by atoms with Gasteiger partial charge in [0.2, 0.25) is 5.76 Å². The maximum atomic E-state index is 10.8. The van der Waals surface area contributed by atoms with E-state index in [0.29, 0.717) is 5.56 Å². The first-order chi connectivity index (χ1) is 9.54. The van der Waals surface area contributed by atoms with Crippen molar-refractivity contribution in [3.63, 3.8) is 0 Å². The van der Waals surface area contributed by atoms with E-state index in [1.807, 2.05) is 18.2 Å². The zero-order chi connectivity index (χ0) is 14.3. The van der Waals surface area contributed by atoms with Gasteiger partial charge in [0, 0.05) is 16.1 Å². The molecule has 0 aliphatic rings. The molecule has 5 nitrogen and oxygen atoms in total. The lowest BCUT2D eigenvalue weighted by molar-refractivity contribution is 0.0652. The fourth-order valence-corrected chi connectivity index (χ4v) is 2.34. The van der Waals surface area contributed by atoms with Crippen LogP contribution in [0.15, 0.2) is 45.4 Å². The van der Waals surface area contributed by atoms with Crippen LogP contribution in [0.5, 0.6) is 5.75 Å². The number of aromatic nitrogens is 1. The first-order valence-electron chi connectivity index (χ1n) is 5.67. The van der Waals surface area contributed by atoms with E-state index < -0.39 is 5.97 Å². The van der Waals surface area contributed by atoms with Gasteiger partial charge in [-0.25, -0.2) is 4.79 Å². The van der Waals surface area contributed by atoms with Crippen molar-refractivity contribution in [3.8, 4) is 17.0 Å². The number of aromatic hydroxyl groups is 1. The monoisotopic (exact) mass is 333 g/mol. The molecule has 0 fully saturated rings. The first-order valence-corrected chi connectivity index (χ1v) is 6.46. The second-order valence-corrected chi connectivity index (χ2v) is 5.16. The molecule has 0 radical (unpaired) electrons. The molecule has 2 N–H and O–H groups in total. The van der Waals surface area contributed by atoms with Crippen molar-refractivity contribution in [2.75, 3.05) is 0 Å². The summed E-state index contributed by atoms with van der Waals surface area (Å²) in [5, 5.41) is 24.3. The third-order valence-corrected chi connectivity index (χ3v) is 3.41. The Kier molecular flexibility index (Phi) is 2.94. The van der Waals surface area contributed by atoms with Crippen LogP contribution in [0.4, 0.5) is 0 Å². The number of phenols is 1. The van der Waals surface area contributed by atoms with Crippen molar-refractivity contribution in [1.82, 2.24) is 5.16 Å². The van der Waals surface area contributed by atoms with Crippen molar-refractivity contribution >= 4 is 32.7 Å². The summed E-state index contributed by atoms with van der Waals surface area (Å²) in [4.78, 5) is 10.8. The van der Waals surface area contributed by atoms with E-state index in [9.17, 15) is 9.90 Å². The largest absolute Gasteiger partial charge is 0.507 e. The second kappa shape index (κ2) is 4.64. The summed E-state index contributed by atoms with van der Waals surface area (Å²) in [5.41, 5.74) is 0.702. The normalized spacial score (nSPS) is 10.8. The Hall–Kier alpha value is -2.34. The summed E-state index contributed by atoms with van der Waals surface area (Å²) < 4.78 is 5.61. The van der Waals surface area contributed by atoms with Crippen LogP contribution in [-0.2, 0) is 0 Å². The molecule has 1 heterocycles. The van der Waals surface area contributed by atoms with Crippen molar-refractivity contribution in [2.45, 2.75) is 0 Å². The van der Waals surface area contributed by atoms with Crippen LogP contribution >= 0.6 is 15.9 Å². The number of carboxylic acid groups (broad SMARTS) is 1. The maximum Gasteiger partial charge on any atom is 0.374 e. The van der Waals surface area contributed by atoms with Gasteiger partial charge in [0.1, 0.15) is 11.4 Å². The Morgan fingerprint density at radius 2 is 1.95 bits per heavy atom. The quantitative estimate of drug-likeness (QED) is 0.747. The highest BCUT2D eigenvalue weighted by Crippen LogP contribution is 2.34.